The second-order valence-corrected chi connectivity index (χ2v) is 9.29. The number of carbonyl (C=O) groups excluding carboxylic acids is 1. The van der Waals surface area contributed by atoms with Gasteiger partial charge in [0.1, 0.15) is 11.6 Å². The molecule has 2 heterocycles. The number of pyridine rings is 1. The fraction of sp³-hybridized carbons (Fsp3) is 0.167. The highest BCUT2D eigenvalue weighted by Crippen LogP contribution is 2.24. The Morgan fingerprint density at radius 2 is 1.77 bits per heavy atom. The molecule has 35 heavy (non-hydrogen) atoms. The number of ether oxygens (including phenoxy) is 1. The zero-order valence-electron chi connectivity index (χ0n) is 18.9. The third-order valence-electron chi connectivity index (χ3n) is 5.15. The quantitative estimate of drug-likeness (QED) is 0.350. The van der Waals surface area contributed by atoms with Gasteiger partial charge in [0, 0.05) is 30.1 Å². The molecule has 0 unspecified atom stereocenters. The van der Waals surface area contributed by atoms with Crippen LogP contribution in [0.15, 0.2) is 78.0 Å². The van der Waals surface area contributed by atoms with Crippen molar-refractivity contribution >= 4 is 15.8 Å². The van der Waals surface area contributed by atoms with E-state index in [9.17, 15) is 17.6 Å². The van der Waals surface area contributed by atoms with Gasteiger partial charge in [0.2, 0.25) is 10.0 Å². The van der Waals surface area contributed by atoms with Gasteiger partial charge in [-0.2, -0.15) is 0 Å². The van der Waals surface area contributed by atoms with Gasteiger partial charge in [-0.3, -0.25) is 14.3 Å². The number of sulfonamides is 1. The van der Waals surface area contributed by atoms with E-state index in [2.05, 4.69) is 19.9 Å². The van der Waals surface area contributed by atoms with E-state index in [1.165, 1.54) is 54.9 Å². The molecular weight excluding hydrogens is 473 g/mol. The number of halogens is 1. The van der Waals surface area contributed by atoms with Gasteiger partial charge in [-0.15, -0.1) is 5.10 Å². The van der Waals surface area contributed by atoms with Crippen LogP contribution in [0.1, 0.15) is 41.6 Å². The SMILES string of the molecule is CCn1c(Oc2ccc(F)cc2)nnc1[C@@H](C)NS(=O)(=O)c1cccc(C(=O)c2ccncc2)c1. The second-order valence-electron chi connectivity index (χ2n) is 7.58. The number of nitrogens with zero attached hydrogens (tertiary/aromatic N) is 4. The summed E-state index contributed by atoms with van der Waals surface area (Å²) in [6.45, 7) is 3.86. The van der Waals surface area contributed by atoms with Crippen molar-refractivity contribution in [2.45, 2.75) is 31.3 Å². The average Bonchev–Trinajstić information content (AvgIpc) is 3.28. The summed E-state index contributed by atoms with van der Waals surface area (Å²) in [5, 5.41) is 8.10. The first kappa shape index (κ1) is 24.2. The lowest BCUT2D eigenvalue weighted by atomic mass is 10.1. The Balaban J connectivity index is 1.55. The maximum absolute atomic E-state index is 13.2. The van der Waals surface area contributed by atoms with Crippen LogP contribution in [0.4, 0.5) is 4.39 Å². The summed E-state index contributed by atoms with van der Waals surface area (Å²) in [6, 6.07) is 13.7. The Morgan fingerprint density at radius 3 is 2.46 bits per heavy atom. The average molecular weight is 496 g/mol. The Morgan fingerprint density at radius 1 is 1.06 bits per heavy atom. The first-order valence-electron chi connectivity index (χ1n) is 10.7. The van der Waals surface area contributed by atoms with Gasteiger partial charge in [0.25, 0.3) is 0 Å². The summed E-state index contributed by atoms with van der Waals surface area (Å²) >= 11 is 0. The van der Waals surface area contributed by atoms with E-state index in [1.54, 1.807) is 29.7 Å². The first-order valence-corrected chi connectivity index (χ1v) is 12.2. The van der Waals surface area contributed by atoms with Gasteiger partial charge in [-0.25, -0.2) is 17.5 Å². The molecule has 0 saturated heterocycles. The maximum Gasteiger partial charge on any atom is 0.322 e. The number of rotatable bonds is 9. The number of nitrogens with one attached hydrogen (secondary N) is 1. The molecule has 0 saturated carbocycles. The number of carbonyl (C=O) groups is 1. The third kappa shape index (κ3) is 5.42. The van der Waals surface area contributed by atoms with Crippen molar-refractivity contribution in [3.63, 3.8) is 0 Å². The van der Waals surface area contributed by atoms with Crippen molar-refractivity contribution in [1.29, 1.82) is 0 Å². The number of hydrogen-bond donors (Lipinski definition) is 1. The van der Waals surface area contributed by atoms with Crippen LogP contribution in [0.5, 0.6) is 11.8 Å². The molecule has 11 heteroatoms. The molecule has 0 aliphatic heterocycles. The van der Waals surface area contributed by atoms with Crippen LogP contribution in [-0.4, -0.2) is 33.9 Å². The van der Waals surface area contributed by atoms with Crippen LogP contribution in [0.2, 0.25) is 0 Å². The number of benzene rings is 2. The Hall–Kier alpha value is -3.96. The van der Waals surface area contributed by atoms with Crippen LogP contribution in [0, 0.1) is 5.82 Å². The molecule has 0 aliphatic carbocycles. The van der Waals surface area contributed by atoms with Crippen molar-refractivity contribution in [2.75, 3.05) is 0 Å². The Kier molecular flexibility index (Phi) is 6.99. The molecule has 0 bridgehead atoms. The smallest absolute Gasteiger partial charge is 0.322 e. The van der Waals surface area contributed by atoms with E-state index >= 15 is 0 Å². The lowest BCUT2D eigenvalue weighted by Gasteiger charge is -2.15. The van der Waals surface area contributed by atoms with Crippen LogP contribution in [0.25, 0.3) is 0 Å². The Labute approximate surface area is 201 Å². The van der Waals surface area contributed by atoms with Crippen molar-refractivity contribution < 1.29 is 22.3 Å². The number of aromatic nitrogens is 4. The molecule has 1 atom stereocenters. The van der Waals surface area contributed by atoms with Crippen molar-refractivity contribution in [3.8, 4) is 11.8 Å². The summed E-state index contributed by atoms with van der Waals surface area (Å²) < 4.78 is 49.2. The van der Waals surface area contributed by atoms with Crippen LogP contribution in [0.3, 0.4) is 0 Å². The number of ketones is 1. The largest absolute Gasteiger partial charge is 0.424 e. The predicted octanol–water partition coefficient (Wildman–Crippen LogP) is 3.89. The van der Waals surface area contributed by atoms with E-state index in [1.807, 2.05) is 6.92 Å². The minimum absolute atomic E-state index is 0.0606. The Bertz CT molecular complexity index is 1440. The topological polar surface area (TPSA) is 116 Å². The highest BCUT2D eigenvalue weighted by molar-refractivity contribution is 7.89. The summed E-state index contributed by atoms with van der Waals surface area (Å²) in [5.41, 5.74) is 0.638. The van der Waals surface area contributed by atoms with E-state index in [-0.39, 0.29) is 22.3 Å². The predicted molar refractivity (Wildman–Crippen MR) is 125 cm³/mol. The van der Waals surface area contributed by atoms with Gasteiger partial charge >= 0.3 is 6.01 Å². The fourth-order valence-corrected chi connectivity index (χ4v) is 4.68. The monoisotopic (exact) mass is 495 g/mol. The summed E-state index contributed by atoms with van der Waals surface area (Å²) in [6.07, 6.45) is 2.99. The molecule has 0 radical (unpaired) electrons. The lowest BCUT2D eigenvalue weighted by Crippen LogP contribution is -2.29. The molecule has 0 spiro atoms. The second kappa shape index (κ2) is 10.1. The molecule has 9 nitrogen and oxygen atoms in total. The molecular formula is C24H22FN5O4S. The summed E-state index contributed by atoms with van der Waals surface area (Å²) in [7, 11) is -4.00. The van der Waals surface area contributed by atoms with Gasteiger partial charge in [-0.05, 0) is 62.4 Å². The van der Waals surface area contributed by atoms with Crippen molar-refractivity contribution in [2.24, 2.45) is 0 Å². The van der Waals surface area contributed by atoms with Gasteiger partial charge in [0.15, 0.2) is 11.6 Å². The zero-order valence-corrected chi connectivity index (χ0v) is 19.7. The molecule has 0 fully saturated rings. The fourth-order valence-electron chi connectivity index (χ4n) is 3.43. The standard InChI is InChI=1S/C24H22FN5O4S/c1-3-30-23(27-28-24(30)34-20-9-7-19(25)8-10-20)16(2)29-35(32,33)21-6-4-5-18(15-21)22(31)17-11-13-26-14-12-17/h4-16,29H,3H2,1-2H3/t16-/m1/s1. The molecule has 1 N–H and O–H groups in total. The van der Waals surface area contributed by atoms with Gasteiger partial charge < -0.3 is 4.74 Å². The highest BCUT2D eigenvalue weighted by atomic mass is 32.2. The minimum atomic E-state index is -4.00. The molecule has 4 aromatic rings. The molecule has 0 amide bonds. The zero-order chi connectivity index (χ0) is 25.0. The molecule has 2 aromatic heterocycles. The van der Waals surface area contributed by atoms with Gasteiger partial charge in [0.05, 0.1) is 10.9 Å². The molecule has 180 valence electrons. The van der Waals surface area contributed by atoms with Gasteiger partial charge in [-0.1, -0.05) is 17.2 Å². The minimum Gasteiger partial charge on any atom is -0.424 e. The first-order chi connectivity index (χ1) is 16.8. The third-order valence-corrected chi connectivity index (χ3v) is 6.69. The summed E-state index contributed by atoms with van der Waals surface area (Å²) in [5.74, 6) is -0.0171. The number of hydrogen-bond acceptors (Lipinski definition) is 7. The van der Waals surface area contributed by atoms with E-state index < -0.39 is 21.9 Å². The van der Waals surface area contributed by atoms with Crippen molar-refractivity contribution in [3.05, 3.63) is 95.8 Å². The molecule has 4 rings (SSSR count). The van der Waals surface area contributed by atoms with Crippen LogP contribution < -0.4 is 9.46 Å². The molecule has 0 aliphatic rings. The van der Waals surface area contributed by atoms with E-state index in [4.69, 9.17) is 4.74 Å². The van der Waals surface area contributed by atoms with Crippen molar-refractivity contribution in [1.82, 2.24) is 24.5 Å². The lowest BCUT2D eigenvalue weighted by molar-refractivity contribution is 0.103. The molecule has 2 aromatic carbocycles. The van der Waals surface area contributed by atoms with Crippen LogP contribution in [-0.2, 0) is 16.6 Å². The normalized spacial score (nSPS) is 12.3. The van der Waals surface area contributed by atoms with E-state index in [0.717, 1.165) is 0 Å². The van der Waals surface area contributed by atoms with Crippen LogP contribution >= 0.6 is 0 Å². The highest BCUT2D eigenvalue weighted by Gasteiger charge is 2.25. The maximum atomic E-state index is 13.2. The summed E-state index contributed by atoms with van der Waals surface area (Å²) in [4.78, 5) is 16.6. The van der Waals surface area contributed by atoms with E-state index in [0.29, 0.717) is 23.7 Å².